The number of aromatic amines is 1. The average Bonchev–Trinajstić information content (AvgIpc) is 2.60. The zero-order valence-corrected chi connectivity index (χ0v) is 15.2. The molecular formula is C18H27ClN4O. The second-order valence-corrected chi connectivity index (χ2v) is 6.52. The van der Waals surface area contributed by atoms with Crippen LogP contribution in [0.25, 0.3) is 10.9 Å². The summed E-state index contributed by atoms with van der Waals surface area (Å²) in [6.07, 6.45) is 3.71. The number of para-hydroxylation sites is 1. The first-order valence-electron chi connectivity index (χ1n) is 8.56. The molecule has 2 N–H and O–H groups in total. The third kappa shape index (κ3) is 4.15. The van der Waals surface area contributed by atoms with Crippen LogP contribution in [0.15, 0.2) is 29.1 Å². The molecule has 0 saturated carbocycles. The minimum atomic E-state index is -0.0404. The molecule has 2 aromatic rings. The standard InChI is InChI=1S/C18H26N4O.ClH/c1-13(22-11-8-14(9-12-22)7-10-19-2)17-20-16-6-4-3-5-15(16)18(23)21-17;/h3-6,13-14,19H,7-12H2,1-2H3,(H,20,21,23);1H. The Bertz CT molecular complexity index is 709. The minimum Gasteiger partial charge on any atom is -0.320 e. The summed E-state index contributed by atoms with van der Waals surface area (Å²) in [6.45, 7) is 5.39. The van der Waals surface area contributed by atoms with Gasteiger partial charge in [0, 0.05) is 0 Å². The van der Waals surface area contributed by atoms with E-state index in [-0.39, 0.29) is 24.0 Å². The van der Waals surface area contributed by atoms with E-state index in [0.717, 1.165) is 36.9 Å². The van der Waals surface area contributed by atoms with Crippen molar-refractivity contribution >= 4 is 23.3 Å². The number of piperidine rings is 1. The zero-order valence-electron chi connectivity index (χ0n) is 14.4. The number of rotatable bonds is 5. The van der Waals surface area contributed by atoms with Crippen LogP contribution in [0.2, 0.25) is 0 Å². The Balaban J connectivity index is 0.00000208. The third-order valence-electron chi connectivity index (χ3n) is 5.03. The number of H-pyrrole nitrogens is 1. The van der Waals surface area contributed by atoms with E-state index >= 15 is 0 Å². The van der Waals surface area contributed by atoms with E-state index in [4.69, 9.17) is 0 Å². The maximum Gasteiger partial charge on any atom is 0.258 e. The topological polar surface area (TPSA) is 61.0 Å². The summed E-state index contributed by atoms with van der Waals surface area (Å²) in [5.74, 6) is 1.59. The summed E-state index contributed by atoms with van der Waals surface area (Å²) < 4.78 is 0. The van der Waals surface area contributed by atoms with Crippen LogP contribution in [-0.2, 0) is 0 Å². The van der Waals surface area contributed by atoms with E-state index in [1.54, 1.807) is 0 Å². The fourth-order valence-electron chi connectivity index (χ4n) is 3.45. The lowest BCUT2D eigenvalue weighted by molar-refractivity contribution is 0.133. The van der Waals surface area contributed by atoms with Crippen LogP contribution in [0, 0.1) is 5.92 Å². The van der Waals surface area contributed by atoms with Gasteiger partial charge in [-0.25, -0.2) is 4.98 Å². The van der Waals surface area contributed by atoms with Crippen molar-refractivity contribution in [1.82, 2.24) is 20.2 Å². The van der Waals surface area contributed by atoms with E-state index in [9.17, 15) is 4.79 Å². The maximum absolute atomic E-state index is 12.2. The lowest BCUT2D eigenvalue weighted by Gasteiger charge is -2.35. The molecule has 1 unspecified atom stereocenters. The van der Waals surface area contributed by atoms with Crippen molar-refractivity contribution in [3.8, 4) is 0 Å². The number of halogens is 1. The van der Waals surface area contributed by atoms with Gasteiger partial charge in [-0.05, 0) is 70.9 Å². The van der Waals surface area contributed by atoms with Crippen LogP contribution < -0.4 is 10.9 Å². The molecule has 24 heavy (non-hydrogen) atoms. The predicted molar refractivity (Wildman–Crippen MR) is 101 cm³/mol. The van der Waals surface area contributed by atoms with Gasteiger partial charge in [0.25, 0.3) is 5.56 Å². The Morgan fingerprint density at radius 2 is 2.04 bits per heavy atom. The summed E-state index contributed by atoms with van der Waals surface area (Å²) in [5.41, 5.74) is 0.739. The number of fused-ring (bicyclic) bond motifs is 1. The van der Waals surface area contributed by atoms with Gasteiger partial charge in [0.05, 0.1) is 16.9 Å². The fraction of sp³-hybridized carbons (Fsp3) is 0.556. The summed E-state index contributed by atoms with van der Waals surface area (Å²) in [6, 6.07) is 7.68. The van der Waals surface area contributed by atoms with E-state index < -0.39 is 0 Å². The molecule has 2 heterocycles. The SMILES string of the molecule is CNCCC1CCN(C(C)c2nc3ccccc3c(=O)[nH]2)CC1.Cl. The molecule has 1 saturated heterocycles. The molecule has 1 atom stereocenters. The lowest BCUT2D eigenvalue weighted by Crippen LogP contribution is -2.37. The van der Waals surface area contributed by atoms with Crippen LogP contribution in [0.5, 0.6) is 0 Å². The maximum atomic E-state index is 12.2. The van der Waals surface area contributed by atoms with E-state index in [2.05, 4.69) is 27.1 Å². The third-order valence-corrected chi connectivity index (χ3v) is 5.03. The second kappa shape index (κ2) is 8.60. The summed E-state index contributed by atoms with van der Waals surface area (Å²) in [4.78, 5) is 22.3. The summed E-state index contributed by atoms with van der Waals surface area (Å²) in [7, 11) is 2.01. The average molecular weight is 351 g/mol. The Morgan fingerprint density at radius 1 is 1.33 bits per heavy atom. The largest absolute Gasteiger partial charge is 0.320 e. The number of nitrogens with one attached hydrogen (secondary N) is 2. The van der Waals surface area contributed by atoms with Gasteiger partial charge in [-0.15, -0.1) is 12.4 Å². The molecule has 1 aromatic carbocycles. The monoisotopic (exact) mass is 350 g/mol. The molecule has 0 spiro atoms. The van der Waals surface area contributed by atoms with Crippen LogP contribution in [0.4, 0.5) is 0 Å². The zero-order chi connectivity index (χ0) is 16.2. The van der Waals surface area contributed by atoms with Crippen molar-refractivity contribution in [3.63, 3.8) is 0 Å². The first kappa shape index (κ1) is 18.9. The normalized spacial score (nSPS) is 17.6. The smallest absolute Gasteiger partial charge is 0.258 e. The van der Waals surface area contributed by atoms with Gasteiger partial charge >= 0.3 is 0 Å². The quantitative estimate of drug-likeness (QED) is 0.870. The van der Waals surface area contributed by atoms with Gasteiger partial charge in [-0.3, -0.25) is 9.69 Å². The highest BCUT2D eigenvalue weighted by atomic mass is 35.5. The highest BCUT2D eigenvalue weighted by Gasteiger charge is 2.24. The van der Waals surface area contributed by atoms with Gasteiger partial charge in [-0.2, -0.15) is 0 Å². The molecule has 3 rings (SSSR count). The molecule has 6 heteroatoms. The van der Waals surface area contributed by atoms with Gasteiger partial charge < -0.3 is 10.3 Å². The molecule has 1 aliphatic heterocycles. The van der Waals surface area contributed by atoms with Crippen molar-refractivity contribution < 1.29 is 0 Å². The first-order valence-corrected chi connectivity index (χ1v) is 8.56. The lowest BCUT2D eigenvalue weighted by atomic mass is 9.93. The Labute approximate surface area is 149 Å². The molecule has 0 bridgehead atoms. The Morgan fingerprint density at radius 3 is 2.75 bits per heavy atom. The number of hydrogen-bond donors (Lipinski definition) is 2. The van der Waals surface area contributed by atoms with E-state index in [1.807, 2.05) is 31.3 Å². The van der Waals surface area contributed by atoms with Crippen LogP contribution >= 0.6 is 12.4 Å². The van der Waals surface area contributed by atoms with Crippen molar-refractivity contribution in [2.45, 2.75) is 32.2 Å². The molecule has 132 valence electrons. The summed E-state index contributed by atoms with van der Waals surface area (Å²) in [5, 5.41) is 3.90. The first-order chi connectivity index (χ1) is 11.2. The fourth-order valence-corrected chi connectivity index (χ4v) is 3.45. The molecular weight excluding hydrogens is 324 g/mol. The van der Waals surface area contributed by atoms with Gasteiger partial charge in [0.2, 0.25) is 0 Å². The van der Waals surface area contributed by atoms with Crippen molar-refractivity contribution in [2.24, 2.45) is 5.92 Å². The van der Waals surface area contributed by atoms with E-state index in [0.29, 0.717) is 5.39 Å². The van der Waals surface area contributed by atoms with Gasteiger partial charge in [-0.1, -0.05) is 12.1 Å². The predicted octanol–water partition coefficient (Wildman–Crippen LogP) is 2.73. The number of likely N-dealkylation sites (tertiary alicyclic amines) is 1. The van der Waals surface area contributed by atoms with Crippen molar-refractivity contribution in [2.75, 3.05) is 26.7 Å². The van der Waals surface area contributed by atoms with Crippen LogP contribution in [-0.4, -0.2) is 41.5 Å². The Hall–Kier alpha value is -1.43. The molecule has 0 radical (unpaired) electrons. The molecule has 1 aromatic heterocycles. The number of aromatic nitrogens is 2. The van der Waals surface area contributed by atoms with Crippen molar-refractivity contribution in [3.05, 3.63) is 40.4 Å². The summed E-state index contributed by atoms with van der Waals surface area (Å²) >= 11 is 0. The second-order valence-electron chi connectivity index (χ2n) is 6.52. The number of hydrogen-bond acceptors (Lipinski definition) is 4. The van der Waals surface area contributed by atoms with Crippen molar-refractivity contribution in [1.29, 1.82) is 0 Å². The number of benzene rings is 1. The highest BCUT2D eigenvalue weighted by Crippen LogP contribution is 2.26. The Kier molecular flexibility index (Phi) is 6.78. The minimum absolute atomic E-state index is 0. The molecule has 5 nitrogen and oxygen atoms in total. The van der Waals surface area contributed by atoms with Crippen LogP contribution in [0.1, 0.15) is 38.1 Å². The van der Waals surface area contributed by atoms with E-state index in [1.165, 1.54) is 19.3 Å². The molecule has 1 aliphatic rings. The van der Waals surface area contributed by atoms with Gasteiger partial charge in [0.15, 0.2) is 0 Å². The number of nitrogens with zero attached hydrogens (tertiary/aromatic N) is 2. The molecule has 1 fully saturated rings. The highest BCUT2D eigenvalue weighted by molar-refractivity contribution is 5.85. The van der Waals surface area contributed by atoms with Crippen LogP contribution in [0.3, 0.4) is 0 Å². The molecule has 0 aliphatic carbocycles. The van der Waals surface area contributed by atoms with Gasteiger partial charge in [0.1, 0.15) is 5.82 Å². The molecule has 0 amide bonds.